The van der Waals surface area contributed by atoms with Gasteiger partial charge in [0.2, 0.25) is 5.88 Å². The zero-order chi connectivity index (χ0) is 13.9. The molecule has 110 valence electrons. The molecule has 0 bridgehead atoms. The van der Waals surface area contributed by atoms with Crippen LogP contribution in [0.15, 0.2) is 18.3 Å². The van der Waals surface area contributed by atoms with Gasteiger partial charge in [-0.15, -0.1) is 0 Å². The second-order valence-corrected chi connectivity index (χ2v) is 5.71. The summed E-state index contributed by atoms with van der Waals surface area (Å²) < 4.78 is 5.12. The van der Waals surface area contributed by atoms with E-state index in [2.05, 4.69) is 20.9 Å². The number of hydrogen-bond donors (Lipinski definition) is 1. The number of aromatic nitrogens is 1. The summed E-state index contributed by atoms with van der Waals surface area (Å²) >= 11 is 0. The van der Waals surface area contributed by atoms with Crippen molar-refractivity contribution in [2.45, 2.75) is 24.9 Å². The van der Waals surface area contributed by atoms with Gasteiger partial charge in [0.15, 0.2) is 0 Å². The van der Waals surface area contributed by atoms with E-state index in [1.54, 1.807) is 7.11 Å². The van der Waals surface area contributed by atoms with E-state index in [0.29, 0.717) is 12.4 Å². The number of nitrogens with two attached hydrogens (primary N) is 1. The quantitative estimate of drug-likeness (QED) is 0.884. The first kappa shape index (κ1) is 13.8. The van der Waals surface area contributed by atoms with Crippen LogP contribution in [0.4, 0.5) is 0 Å². The van der Waals surface area contributed by atoms with Gasteiger partial charge < -0.3 is 10.5 Å². The third kappa shape index (κ3) is 2.66. The van der Waals surface area contributed by atoms with E-state index in [-0.39, 0.29) is 6.04 Å². The fourth-order valence-electron chi connectivity index (χ4n) is 3.50. The standard InChI is InChI=1S/C15H24N4O/c1-20-15-5-4-12(10-17-15)14(9-16)19-8-7-18-6-2-3-13(18)11-19/h4-5,10,13-14H,2-3,6-9,11,16H2,1H3. The predicted octanol–water partition coefficient (Wildman–Crippen LogP) is 0.870. The highest BCUT2D eigenvalue weighted by Gasteiger charge is 2.33. The Labute approximate surface area is 120 Å². The molecule has 0 radical (unpaired) electrons. The highest BCUT2D eigenvalue weighted by Crippen LogP contribution is 2.27. The highest BCUT2D eigenvalue weighted by molar-refractivity contribution is 5.21. The molecule has 2 fully saturated rings. The summed E-state index contributed by atoms with van der Waals surface area (Å²) in [6.45, 7) is 5.32. The average Bonchev–Trinajstić information content (AvgIpc) is 2.96. The van der Waals surface area contributed by atoms with Crippen molar-refractivity contribution < 1.29 is 4.74 Å². The van der Waals surface area contributed by atoms with Crippen LogP contribution in [-0.4, -0.2) is 60.7 Å². The van der Waals surface area contributed by atoms with Gasteiger partial charge in [0.1, 0.15) is 0 Å². The Balaban J connectivity index is 1.72. The molecular weight excluding hydrogens is 252 g/mol. The number of ether oxygens (including phenoxy) is 1. The normalized spacial score (nSPS) is 25.4. The summed E-state index contributed by atoms with van der Waals surface area (Å²) in [7, 11) is 1.64. The Hall–Kier alpha value is -1.17. The molecule has 2 N–H and O–H groups in total. The lowest BCUT2D eigenvalue weighted by Crippen LogP contribution is -2.52. The lowest BCUT2D eigenvalue weighted by atomic mass is 10.0. The molecular formula is C15H24N4O. The second kappa shape index (κ2) is 6.08. The fraction of sp³-hybridized carbons (Fsp3) is 0.667. The average molecular weight is 276 g/mol. The van der Waals surface area contributed by atoms with Gasteiger partial charge in [-0.25, -0.2) is 4.98 Å². The van der Waals surface area contributed by atoms with Crippen LogP contribution in [0.3, 0.4) is 0 Å². The van der Waals surface area contributed by atoms with Crippen molar-refractivity contribution in [2.24, 2.45) is 5.73 Å². The topological polar surface area (TPSA) is 54.6 Å². The first-order chi connectivity index (χ1) is 9.81. The molecule has 2 saturated heterocycles. The summed E-state index contributed by atoms with van der Waals surface area (Å²) in [5.74, 6) is 0.658. The van der Waals surface area contributed by atoms with Gasteiger partial charge in [0.05, 0.1) is 7.11 Å². The number of hydrogen-bond acceptors (Lipinski definition) is 5. The van der Waals surface area contributed by atoms with Crippen molar-refractivity contribution in [2.75, 3.05) is 39.8 Å². The molecule has 0 aromatic carbocycles. The van der Waals surface area contributed by atoms with Gasteiger partial charge in [-0.2, -0.15) is 0 Å². The van der Waals surface area contributed by atoms with Crippen molar-refractivity contribution in [3.8, 4) is 5.88 Å². The lowest BCUT2D eigenvalue weighted by Gasteiger charge is -2.41. The molecule has 5 heteroatoms. The Morgan fingerprint density at radius 2 is 2.30 bits per heavy atom. The molecule has 1 aromatic rings. The Morgan fingerprint density at radius 1 is 1.40 bits per heavy atom. The van der Waals surface area contributed by atoms with Crippen molar-refractivity contribution in [3.05, 3.63) is 23.9 Å². The number of piperazine rings is 1. The number of fused-ring (bicyclic) bond motifs is 1. The van der Waals surface area contributed by atoms with Gasteiger partial charge in [-0.1, -0.05) is 6.07 Å². The van der Waals surface area contributed by atoms with Crippen LogP contribution < -0.4 is 10.5 Å². The molecule has 0 aliphatic carbocycles. The monoisotopic (exact) mass is 276 g/mol. The molecule has 20 heavy (non-hydrogen) atoms. The van der Waals surface area contributed by atoms with Gasteiger partial charge in [-0.05, 0) is 24.9 Å². The largest absolute Gasteiger partial charge is 0.481 e. The van der Waals surface area contributed by atoms with Crippen molar-refractivity contribution in [1.82, 2.24) is 14.8 Å². The van der Waals surface area contributed by atoms with E-state index in [0.717, 1.165) is 19.1 Å². The molecule has 1 aromatic heterocycles. The van der Waals surface area contributed by atoms with Crippen LogP contribution in [0.25, 0.3) is 0 Å². The van der Waals surface area contributed by atoms with Gasteiger partial charge >= 0.3 is 0 Å². The Morgan fingerprint density at radius 3 is 3.00 bits per heavy atom. The van der Waals surface area contributed by atoms with Gasteiger partial charge in [0, 0.05) is 50.5 Å². The van der Waals surface area contributed by atoms with E-state index in [1.807, 2.05) is 12.3 Å². The maximum atomic E-state index is 6.03. The van der Waals surface area contributed by atoms with Gasteiger partial charge in [0.25, 0.3) is 0 Å². The molecule has 0 spiro atoms. The number of pyridine rings is 1. The molecule has 3 rings (SSSR count). The third-order valence-electron chi connectivity index (χ3n) is 4.64. The minimum Gasteiger partial charge on any atom is -0.481 e. The van der Waals surface area contributed by atoms with Crippen LogP contribution in [0.1, 0.15) is 24.4 Å². The minimum absolute atomic E-state index is 0.274. The van der Waals surface area contributed by atoms with Crippen LogP contribution in [0.5, 0.6) is 5.88 Å². The van der Waals surface area contributed by atoms with Crippen molar-refractivity contribution in [1.29, 1.82) is 0 Å². The zero-order valence-electron chi connectivity index (χ0n) is 12.2. The van der Waals surface area contributed by atoms with Crippen LogP contribution in [0, 0.1) is 0 Å². The smallest absolute Gasteiger partial charge is 0.212 e. The first-order valence-corrected chi connectivity index (χ1v) is 7.50. The Kier molecular flexibility index (Phi) is 4.19. The summed E-state index contributed by atoms with van der Waals surface area (Å²) in [5.41, 5.74) is 7.22. The molecule has 5 nitrogen and oxygen atoms in total. The predicted molar refractivity (Wildman–Crippen MR) is 78.8 cm³/mol. The summed E-state index contributed by atoms with van der Waals surface area (Å²) in [4.78, 5) is 9.46. The second-order valence-electron chi connectivity index (χ2n) is 5.71. The van der Waals surface area contributed by atoms with Crippen molar-refractivity contribution >= 4 is 0 Å². The molecule has 2 unspecified atom stereocenters. The highest BCUT2D eigenvalue weighted by atomic mass is 16.5. The fourth-order valence-corrected chi connectivity index (χ4v) is 3.50. The van der Waals surface area contributed by atoms with Crippen molar-refractivity contribution in [3.63, 3.8) is 0 Å². The lowest BCUT2D eigenvalue weighted by molar-refractivity contribution is 0.0736. The summed E-state index contributed by atoms with van der Waals surface area (Å²) in [6, 6.07) is 5.01. The molecule has 3 heterocycles. The van der Waals surface area contributed by atoms with E-state index in [1.165, 1.54) is 31.5 Å². The molecule has 0 saturated carbocycles. The van der Waals surface area contributed by atoms with E-state index in [4.69, 9.17) is 10.5 Å². The van der Waals surface area contributed by atoms with Crippen LogP contribution in [-0.2, 0) is 0 Å². The SMILES string of the molecule is COc1ccc(C(CN)N2CCN3CCCC3C2)cn1. The maximum Gasteiger partial charge on any atom is 0.212 e. The summed E-state index contributed by atoms with van der Waals surface area (Å²) in [5, 5.41) is 0. The maximum absolute atomic E-state index is 6.03. The Bertz CT molecular complexity index is 436. The van der Waals surface area contributed by atoms with E-state index < -0.39 is 0 Å². The number of nitrogens with zero attached hydrogens (tertiary/aromatic N) is 3. The zero-order valence-corrected chi connectivity index (χ0v) is 12.2. The van der Waals surface area contributed by atoms with Crippen LogP contribution >= 0.6 is 0 Å². The molecule has 0 amide bonds. The molecule has 2 aliphatic heterocycles. The number of rotatable bonds is 4. The number of methoxy groups -OCH3 is 1. The van der Waals surface area contributed by atoms with E-state index >= 15 is 0 Å². The molecule has 2 aliphatic rings. The van der Waals surface area contributed by atoms with E-state index in [9.17, 15) is 0 Å². The van der Waals surface area contributed by atoms with Gasteiger partial charge in [-0.3, -0.25) is 9.80 Å². The summed E-state index contributed by atoms with van der Waals surface area (Å²) in [6.07, 6.45) is 4.57. The third-order valence-corrected chi connectivity index (χ3v) is 4.64. The first-order valence-electron chi connectivity index (χ1n) is 7.50. The molecule has 2 atom stereocenters. The van der Waals surface area contributed by atoms with Crippen LogP contribution in [0.2, 0.25) is 0 Å². The minimum atomic E-state index is 0.274.